The van der Waals surface area contributed by atoms with Crippen LogP contribution >= 0.6 is 23.2 Å². The molecule has 0 saturated heterocycles. The summed E-state index contributed by atoms with van der Waals surface area (Å²) in [6, 6.07) is 5.35. The molecule has 0 saturated carbocycles. The molecule has 106 valence electrons. The number of rotatable bonds is 6. The largest absolute Gasteiger partial charge is 0.354 e. The minimum Gasteiger partial charge on any atom is -0.354 e. The number of hydrogen-bond donors (Lipinski definition) is 2. The van der Waals surface area contributed by atoms with Gasteiger partial charge in [-0.1, -0.05) is 42.6 Å². The first-order valence-electron chi connectivity index (χ1n) is 6.38. The Morgan fingerprint density at radius 3 is 2.68 bits per heavy atom. The van der Waals surface area contributed by atoms with Crippen LogP contribution < -0.4 is 11.1 Å². The zero-order chi connectivity index (χ0) is 14.5. The van der Waals surface area contributed by atoms with Crippen LogP contribution in [0.25, 0.3) is 0 Å². The Labute approximate surface area is 124 Å². The molecule has 0 radical (unpaired) electrons. The molecule has 1 rings (SSSR count). The van der Waals surface area contributed by atoms with E-state index in [1.165, 1.54) is 0 Å². The number of benzene rings is 1. The van der Waals surface area contributed by atoms with E-state index in [4.69, 9.17) is 28.9 Å². The van der Waals surface area contributed by atoms with Crippen molar-refractivity contribution in [2.45, 2.75) is 38.6 Å². The molecule has 3 nitrogen and oxygen atoms in total. The topological polar surface area (TPSA) is 55.1 Å². The number of carbonyl (C=O) groups excluding carboxylic acids is 1. The second-order valence-electron chi connectivity index (χ2n) is 4.91. The molecule has 0 bridgehead atoms. The molecular weight excluding hydrogens is 283 g/mol. The fraction of sp³-hybridized carbons (Fsp3) is 0.500. The number of amides is 1. The summed E-state index contributed by atoms with van der Waals surface area (Å²) < 4.78 is 0. The van der Waals surface area contributed by atoms with Crippen LogP contribution in [-0.4, -0.2) is 18.0 Å². The standard InChI is InChI=1S/C14H20Cl2N2O/c1-3-7-14(2,17)13(19)18-8-6-10-4-5-11(15)9-12(10)16/h4-5,9H,3,6-8,17H2,1-2H3,(H,18,19). The van der Waals surface area contributed by atoms with Gasteiger partial charge in [-0.15, -0.1) is 0 Å². The van der Waals surface area contributed by atoms with E-state index in [1.807, 2.05) is 13.0 Å². The fourth-order valence-electron chi connectivity index (χ4n) is 1.87. The van der Waals surface area contributed by atoms with Gasteiger partial charge in [0.2, 0.25) is 5.91 Å². The summed E-state index contributed by atoms with van der Waals surface area (Å²) in [6.45, 7) is 4.27. The van der Waals surface area contributed by atoms with E-state index in [2.05, 4.69) is 5.32 Å². The lowest BCUT2D eigenvalue weighted by molar-refractivity contribution is -0.126. The summed E-state index contributed by atoms with van der Waals surface area (Å²) in [5.41, 5.74) is 6.10. The normalized spacial score (nSPS) is 13.9. The summed E-state index contributed by atoms with van der Waals surface area (Å²) in [5.74, 6) is -0.126. The molecule has 0 fully saturated rings. The second kappa shape index (κ2) is 7.13. The van der Waals surface area contributed by atoms with Crippen LogP contribution in [0.15, 0.2) is 18.2 Å². The van der Waals surface area contributed by atoms with Gasteiger partial charge in [0.1, 0.15) is 0 Å². The van der Waals surface area contributed by atoms with Crippen molar-refractivity contribution in [3.8, 4) is 0 Å². The fourth-order valence-corrected chi connectivity index (χ4v) is 2.37. The highest BCUT2D eigenvalue weighted by Crippen LogP contribution is 2.21. The van der Waals surface area contributed by atoms with Crippen molar-refractivity contribution in [3.63, 3.8) is 0 Å². The van der Waals surface area contributed by atoms with Crippen LogP contribution in [-0.2, 0) is 11.2 Å². The van der Waals surface area contributed by atoms with Crippen LogP contribution in [0.4, 0.5) is 0 Å². The van der Waals surface area contributed by atoms with Gasteiger partial charge in [-0.05, 0) is 37.5 Å². The first-order chi connectivity index (χ1) is 8.86. The molecule has 1 unspecified atom stereocenters. The molecule has 3 N–H and O–H groups in total. The van der Waals surface area contributed by atoms with Gasteiger partial charge in [0.05, 0.1) is 5.54 Å². The molecule has 1 amide bonds. The summed E-state index contributed by atoms with van der Waals surface area (Å²) in [6.07, 6.45) is 2.20. The van der Waals surface area contributed by atoms with Gasteiger partial charge in [-0.2, -0.15) is 0 Å². The Bertz CT molecular complexity index is 447. The molecule has 1 atom stereocenters. The Morgan fingerprint density at radius 1 is 1.42 bits per heavy atom. The van der Waals surface area contributed by atoms with Gasteiger partial charge in [-0.3, -0.25) is 4.79 Å². The lowest BCUT2D eigenvalue weighted by Crippen LogP contribution is -2.51. The van der Waals surface area contributed by atoms with E-state index in [0.717, 1.165) is 12.0 Å². The van der Waals surface area contributed by atoms with E-state index in [9.17, 15) is 4.79 Å². The molecule has 0 aromatic heterocycles. The van der Waals surface area contributed by atoms with Crippen LogP contribution in [0.3, 0.4) is 0 Å². The Kier molecular flexibility index (Phi) is 6.11. The predicted octanol–water partition coefficient (Wildman–Crippen LogP) is 3.17. The number of carbonyl (C=O) groups is 1. The Hall–Kier alpha value is -0.770. The first kappa shape index (κ1) is 16.3. The highest BCUT2D eigenvalue weighted by Gasteiger charge is 2.26. The SMILES string of the molecule is CCCC(C)(N)C(=O)NCCc1ccc(Cl)cc1Cl. The van der Waals surface area contributed by atoms with E-state index in [-0.39, 0.29) is 5.91 Å². The van der Waals surface area contributed by atoms with Gasteiger partial charge in [-0.25, -0.2) is 0 Å². The van der Waals surface area contributed by atoms with Crippen molar-refractivity contribution in [2.75, 3.05) is 6.54 Å². The van der Waals surface area contributed by atoms with Gasteiger partial charge < -0.3 is 11.1 Å². The van der Waals surface area contributed by atoms with Crippen LogP contribution in [0.1, 0.15) is 32.3 Å². The number of nitrogens with one attached hydrogen (secondary N) is 1. The zero-order valence-electron chi connectivity index (χ0n) is 11.3. The molecule has 0 aliphatic rings. The first-order valence-corrected chi connectivity index (χ1v) is 7.13. The average Bonchev–Trinajstić information content (AvgIpc) is 2.31. The maximum absolute atomic E-state index is 11.9. The Morgan fingerprint density at radius 2 is 2.11 bits per heavy atom. The predicted molar refractivity (Wildman–Crippen MR) is 80.7 cm³/mol. The molecule has 0 heterocycles. The third kappa shape index (κ3) is 5.01. The van der Waals surface area contributed by atoms with Crippen molar-refractivity contribution in [2.24, 2.45) is 5.73 Å². The third-order valence-electron chi connectivity index (χ3n) is 2.98. The van der Waals surface area contributed by atoms with Crippen molar-refractivity contribution in [3.05, 3.63) is 33.8 Å². The van der Waals surface area contributed by atoms with Crippen LogP contribution in [0.2, 0.25) is 10.0 Å². The van der Waals surface area contributed by atoms with E-state index in [1.54, 1.807) is 19.1 Å². The second-order valence-corrected chi connectivity index (χ2v) is 5.75. The van der Waals surface area contributed by atoms with Crippen molar-refractivity contribution < 1.29 is 4.79 Å². The minimum atomic E-state index is -0.807. The maximum Gasteiger partial charge on any atom is 0.239 e. The van der Waals surface area contributed by atoms with Gasteiger partial charge in [0.15, 0.2) is 0 Å². The summed E-state index contributed by atoms with van der Waals surface area (Å²) >= 11 is 11.9. The van der Waals surface area contributed by atoms with Gasteiger partial charge in [0.25, 0.3) is 0 Å². The van der Waals surface area contributed by atoms with Gasteiger partial charge >= 0.3 is 0 Å². The smallest absolute Gasteiger partial charge is 0.239 e. The van der Waals surface area contributed by atoms with Crippen molar-refractivity contribution in [1.29, 1.82) is 0 Å². The highest BCUT2D eigenvalue weighted by molar-refractivity contribution is 6.35. The highest BCUT2D eigenvalue weighted by atomic mass is 35.5. The third-order valence-corrected chi connectivity index (χ3v) is 3.57. The van der Waals surface area contributed by atoms with E-state index in [0.29, 0.717) is 29.4 Å². The molecule has 0 aliphatic heterocycles. The molecular formula is C14H20Cl2N2O. The van der Waals surface area contributed by atoms with E-state index < -0.39 is 5.54 Å². The molecule has 5 heteroatoms. The van der Waals surface area contributed by atoms with Gasteiger partial charge in [0, 0.05) is 16.6 Å². The summed E-state index contributed by atoms with van der Waals surface area (Å²) in [5, 5.41) is 4.07. The van der Waals surface area contributed by atoms with Crippen molar-refractivity contribution >= 4 is 29.1 Å². The van der Waals surface area contributed by atoms with E-state index >= 15 is 0 Å². The molecule has 0 spiro atoms. The lowest BCUT2D eigenvalue weighted by atomic mass is 9.96. The summed E-state index contributed by atoms with van der Waals surface area (Å²) in [4.78, 5) is 11.9. The quantitative estimate of drug-likeness (QED) is 0.848. The monoisotopic (exact) mass is 302 g/mol. The zero-order valence-corrected chi connectivity index (χ0v) is 12.8. The lowest BCUT2D eigenvalue weighted by Gasteiger charge is -2.22. The minimum absolute atomic E-state index is 0.126. The molecule has 1 aromatic rings. The van der Waals surface area contributed by atoms with Crippen LogP contribution in [0.5, 0.6) is 0 Å². The summed E-state index contributed by atoms with van der Waals surface area (Å²) in [7, 11) is 0. The number of hydrogen-bond acceptors (Lipinski definition) is 2. The van der Waals surface area contributed by atoms with Crippen molar-refractivity contribution in [1.82, 2.24) is 5.32 Å². The van der Waals surface area contributed by atoms with Crippen LogP contribution in [0, 0.1) is 0 Å². The maximum atomic E-state index is 11.9. The number of halogens is 2. The molecule has 19 heavy (non-hydrogen) atoms. The number of nitrogens with two attached hydrogens (primary N) is 1. The Balaban J connectivity index is 2.48. The average molecular weight is 303 g/mol. The molecule has 0 aliphatic carbocycles. The molecule has 1 aromatic carbocycles.